The number of rotatable bonds is 2. The molecule has 1 saturated heterocycles. The summed E-state index contributed by atoms with van der Waals surface area (Å²) in [7, 11) is 0. The molecule has 1 aliphatic rings. The van der Waals surface area contributed by atoms with Crippen LogP contribution < -0.4 is 5.90 Å². The van der Waals surface area contributed by atoms with Crippen molar-refractivity contribution in [2.75, 3.05) is 26.3 Å². The SMILES string of the molecule is CC.CC(ON)C(=O)N1CCOCC1. The molecule has 84 valence electrons. The predicted molar refractivity (Wildman–Crippen MR) is 53.5 cm³/mol. The first kappa shape index (κ1) is 13.4. The van der Waals surface area contributed by atoms with E-state index < -0.39 is 6.10 Å². The summed E-state index contributed by atoms with van der Waals surface area (Å²) < 4.78 is 5.10. The highest BCUT2D eigenvalue weighted by Crippen LogP contribution is 2.01. The molecule has 14 heavy (non-hydrogen) atoms. The molecule has 0 aromatic carbocycles. The lowest BCUT2D eigenvalue weighted by molar-refractivity contribution is -0.146. The zero-order valence-corrected chi connectivity index (χ0v) is 9.16. The second kappa shape index (κ2) is 7.73. The predicted octanol–water partition coefficient (Wildman–Crippen LogP) is 0.150. The Labute approximate surface area is 85.1 Å². The van der Waals surface area contributed by atoms with Crippen molar-refractivity contribution in [3.05, 3.63) is 0 Å². The van der Waals surface area contributed by atoms with Crippen molar-refractivity contribution >= 4 is 5.91 Å². The average Bonchev–Trinajstić information content (AvgIpc) is 2.31. The van der Waals surface area contributed by atoms with Crippen LogP contribution in [0.15, 0.2) is 0 Å². The smallest absolute Gasteiger partial charge is 0.253 e. The Balaban J connectivity index is 0.000000791. The molecule has 0 bridgehead atoms. The van der Waals surface area contributed by atoms with Gasteiger partial charge < -0.3 is 9.64 Å². The van der Waals surface area contributed by atoms with Crippen molar-refractivity contribution in [1.82, 2.24) is 4.90 Å². The fraction of sp³-hybridized carbons (Fsp3) is 0.889. The monoisotopic (exact) mass is 204 g/mol. The van der Waals surface area contributed by atoms with Gasteiger partial charge in [-0.25, -0.2) is 5.90 Å². The van der Waals surface area contributed by atoms with Gasteiger partial charge in [-0.05, 0) is 6.92 Å². The summed E-state index contributed by atoms with van der Waals surface area (Å²) in [5.74, 6) is 4.83. The maximum Gasteiger partial charge on any atom is 0.253 e. The molecule has 1 unspecified atom stereocenters. The Morgan fingerprint density at radius 3 is 2.36 bits per heavy atom. The van der Waals surface area contributed by atoms with Crippen LogP contribution in [0.2, 0.25) is 0 Å². The van der Waals surface area contributed by atoms with Crippen LogP contribution in [-0.2, 0) is 14.4 Å². The first-order valence-corrected chi connectivity index (χ1v) is 4.97. The van der Waals surface area contributed by atoms with Crippen LogP contribution in [0.5, 0.6) is 0 Å². The summed E-state index contributed by atoms with van der Waals surface area (Å²) in [4.78, 5) is 17.5. The van der Waals surface area contributed by atoms with E-state index in [1.54, 1.807) is 11.8 Å². The minimum absolute atomic E-state index is 0.0687. The number of nitrogens with zero attached hydrogens (tertiary/aromatic N) is 1. The van der Waals surface area contributed by atoms with E-state index in [1.807, 2.05) is 13.8 Å². The second-order valence-corrected chi connectivity index (χ2v) is 2.72. The molecule has 0 spiro atoms. The zero-order valence-electron chi connectivity index (χ0n) is 9.16. The van der Waals surface area contributed by atoms with Gasteiger partial charge in [0.05, 0.1) is 13.2 Å². The fourth-order valence-electron chi connectivity index (χ4n) is 1.10. The molecular formula is C9H20N2O3. The van der Waals surface area contributed by atoms with Gasteiger partial charge in [0.15, 0.2) is 6.10 Å². The van der Waals surface area contributed by atoms with Crippen LogP contribution in [0.3, 0.4) is 0 Å². The third-order valence-corrected chi connectivity index (χ3v) is 1.87. The summed E-state index contributed by atoms with van der Waals surface area (Å²) in [6.45, 7) is 8.10. The number of hydrogen-bond donors (Lipinski definition) is 1. The van der Waals surface area contributed by atoms with Gasteiger partial charge in [0.1, 0.15) is 0 Å². The third-order valence-electron chi connectivity index (χ3n) is 1.87. The summed E-state index contributed by atoms with van der Waals surface area (Å²) in [6.07, 6.45) is -0.553. The summed E-state index contributed by atoms with van der Waals surface area (Å²) >= 11 is 0. The molecule has 5 heteroatoms. The van der Waals surface area contributed by atoms with Gasteiger partial charge in [-0.15, -0.1) is 0 Å². The van der Waals surface area contributed by atoms with E-state index in [-0.39, 0.29) is 5.91 Å². The van der Waals surface area contributed by atoms with Crippen LogP contribution in [0.25, 0.3) is 0 Å². The van der Waals surface area contributed by atoms with Crippen molar-refractivity contribution in [2.45, 2.75) is 26.9 Å². The lowest BCUT2D eigenvalue weighted by Gasteiger charge is -2.28. The number of hydrogen-bond acceptors (Lipinski definition) is 4. The van der Waals surface area contributed by atoms with Crippen molar-refractivity contribution in [3.8, 4) is 0 Å². The molecular weight excluding hydrogens is 184 g/mol. The second-order valence-electron chi connectivity index (χ2n) is 2.72. The molecule has 1 heterocycles. The average molecular weight is 204 g/mol. The highest BCUT2D eigenvalue weighted by Gasteiger charge is 2.22. The Bertz CT molecular complexity index is 158. The number of amides is 1. The first-order valence-electron chi connectivity index (χ1n) is 4.97. The van der Waals surface area contributed by atoms with Crippen molar-refractivity contribution in [2.24, 2.45) is 5.90 Å². The van der Waals surface area contributed by atoms with E-state index in [1.165, 1.54) is 0 Å². The maximum atomic E-state index is 11.4. The van der Waals surface area contributed by atoms with Crippen LogP contribution in [0.1, 0.15) is 20.8 Å². The number of carbonyl (C=O) groups is 1. The normalized spacial score (nSPS) is 18.1. The molecule has 1 aliphatic heterocycles. The number of nitrogens with two attached hydrogens (primary N) is 1. The molecule has 0 saturated carbocycles. The molecule has 1 fully saturated rings. The van der Waals surface area contributed by atoms with Crippen molar-refractivity contribution in [3.63, 3.8) is 0 Å². The standard InChI is InChI=1S/C7H14N2O3.C2H6/c1-6(12-8)7(10)9-2-4-11-5-3-9;1-2/h6H,2-5,8H2,1H3;1-2H3. The number of ether oxygens (including phenoxy) is 1. The third kappa shape index (κ3) is 4.04. The molecule has 1 amide bonds. The molecule has 0 aliphatic carbocycles. The zero-order chi connectivity index (χ0) is 11.0. The lowest BCUT2D eigenvalue weighted by atomic mass is 10.3. The van der Waals surface area contributed by atoms with Gasteiger partial charge in [-0.1, -0.05) is 13.8 Å². The van der Waals surface area contributed by atoms with Crippen LogP contribution >= 0.6 is 0 Å². The van der Waals surface area contributed by atoms with Gasteiger partial charge in [-0.3, -0.25) is 9.63 Å². The Kier molecular flexibility index (Phi) is 7.37. The van der Waals surface area contributed by atoms with Gasteiger partial charge in [-0.2, -0.15) is 0 Å². The van der Waals surface area contributed by atoms with Gasteiger partial charge in [0, 0.05) is 13.1 Å². The van der Waals surface area contributed by atoms with E-state index in [9.17, 15) is 4.79 Å². The molecule has 1 rings (SSSR count). The topological polar surface area (TPSA) is 64.8 Å². The first-order chi connectivity index (χ1) is 6.75. The maximum absolute atomic E-state index is 11.4. The van der Waals surface area contributed by atoms with E-state index in [0.29, 0.717) is 26.3 Å². The minimum atomic E-state index is -0.553. The van der Waals surface area contributed by atoms with E-state index >= 15 is 0 Å². The Morgan fingerprint density at radius 1 is 1.43 bits per heavy atom. The van der Waals surface area contributed by atoms with Gasteiger partial charge in [0.25, 0.3) is 5.91 Å². The van der Waals surface area contributed by atoms with Crippen LogP contribution in [0, 0.1) is 0 Å². The summed E-state index contributed by atoms with van der Waals surface area (Å²) in [6, 6.07) is 0. The molecule has 0 aromatic heterocycles. The Morgan fingerprint density at radius 2 is 1.93 bits per heavy atom. The number of carbonyl (C=O) groups excluding carboxylic acids is 1. The number of morpholine rings is 1. The minimum Gasteiger partial charge on any atom is -0.378 e. The van der Waals surface area contributed by atoms with E-state index in [0.717, 1.165) is 0 Å². The lowest BCUT2D eigenvalue weighted by Crippen LogP contribution is -2.46. The molecule has 0 radical (unpaired) electrons. The van der Waals surface area contributed by atoms with Crippen LogP contribution in [0.4, 0.5) is 0 Å². The van der Waals surface area contributed by atoms with Gasteiger partial charge in [0.2, 0.25) is 0 Å². The van der Waals surface area contributed by atoms with E-state index in [2.05, 4.69) is 4.84 Å². The molecule has 5 nitrogen and oxygen atoms in total. The van der Waals surface area contributed by atoms with Crippen molar-refractivity contribution in [1.29, 1.82) is 0 Å². The molecule has 0 aromatic rings. The van der Waals surface area contributed by atoms with Gasteiger partial charge >= 0.3 is 0 Å². The summed E-state index contributed by atoms with van der Waals surface area (Å²) in [5, 5.41) is 0. The highest BCUT2D eigenvalue weighted by molar-refractivity contribution is 5.80. The van der Waals surface area contributed by atoms with E-state index in [4.69, 9.17) is 10.6 Å². The molecule has 1 atom stereocenters. The van der Waals surface area contributed by atoms with Crippen molar-refractivity contribution < 1.29 is 14.4 Å². The highest BCUT2D eigenvalue weighted by atomic mass is 16.6. The largest absolute Gasteiger partial charge is 0.378 e. The fourth-order valence-corrected chi connectivity index (χ4v) is 1.10. The van der Waals surface area contributed by atoms with Crippen LogP contribution in [-0.4, -0.2) is 43.2 Å². The quantitative estimate of drug-likeness (QED) is 0.650. The summed E-state index contributed by atoms with van der Waals surface area (Å²) in [5.41, 5.74) is 0. The Hall–Kier alpha value is -0.650. The molecule has 2 N–H and O–H groups in total.